The first-order chi connectivity index (χ1) is 12.1. The lowest BCUT2D eigenvalue weighted by atomic mass is 9.84. The minimum absolute atomic E-state index is 0.0199. The predicted octanol–water partition coefficient (Wildman–Crippen LogP) is 4.09. The Hall–Kier alpha value is -2.60. The maximum absolute atomic E-state index is 11.0. The molecule has 3 aromatic rings. The molecule has 0 bridgehead atoms. The summed E-state index contributed by atoms with van der Waals surface area (Å²) in [6.45, 7) is 5.97. The number of aromatic hydroxyl groups is 1. The summed E-state index contributed by atoms with van der Waals surface area (Å²) >= 11 is 6.00. The summed E-state index contributed by atoms with van der Waals surface area (Å²) in [6, 6.07) is 8.64. The zero-order chi connectivity index (χ0) is 19.1. The van der Waals surface area contributed by atoms with Crippen molar-refractivity contribution in [1.29, 1.82) is 0 Å². The topological polar surface area (TPSA) is 88.2 Å². The van der Waals surface area contributed by atoms with Crippen molar-refractivity contribution in [3.63, 3.8) is 0 Å². The number of hydrogen-bond acceptors (Lipinski definition) is 4. The second-order valence-electron chi connectivity index (χ2n) is 7.26. The summed E-state index contributed by atoms with van der Waals surface area (Å²) in [5.74, 6) is -0.752. The molecule has 3 rings (SSSR count). The Labute approximate surface area is 156 Å². The van der Waals surface area contributed by atoms with E-state index < -0.39 is 5.97 Å². The fourth-order valence-corrected chi connectivity index (χ4v) is 3.01. The normalized spacial score (nSPS) is 11.8. The van der Waals surface area contributed by atoms with Crippen LogP contribution in [0.3, 0.4) is 0 Å². The van der Waals surface area contributed by atoms with E-state index in [0.717, 1.165) is 11.1 Å². The minimum Gasteiger partial charge on any atom is -0.508 e. The molecule has 0 saturated heterocycles. The number of rotatable bonds is 4. The summed E-state index contributed by atoms with van der Waals surface area (Å²) in [4.78, 5) is 12.5. The average molecular weight is 374 g/mol. The summed E-state index contributed by atoms with van der Waals surface area (Å²) in [6.07, 6.45) is 0.292. The van der Waals surface area contributed by atoms with Gasteiger partial charge in [-0.15, -0.1) is 15.0 Å². The van der Waals surface area contributed by atoms with Gasteiger partial charge in [0.2, 0.25) is 0 Å². The number of aryl methyl sites for hydroxylation is 1. The zero-order valence-corrected chi connectivity index (χ0v) is 15.6. The van der Waals surface area contributed by atoms with Crippen molar-refractivity contribution < 1.29 is 15.0 Å². The highest BCUT2D eigenvalue weighted by Crippen LogP contribution is 2.34. The molecule has 2 aromatic carbocycles. The number of carboxylic acids is 1. The molecule has 0 spiro atoms. The Morgan fingerprint density at radius 1 is 1.15 bits per heavy atom. The van der Waals surface area contributed by atoms with E-state index in [1.807, 2.05) is 26.8 Å². The molecular weight excluding hydrogens is 354 g/mol. The first-order valence-electron chi connectivity index (χ1n) is 8.26. The van der Waals surface area contributed by atoms with E-state index in [1.165, 1.54) is 4.80 Å². The van der Waals surface area contributed by atoms with Crippen LogP contribution >= 0.6 is 11.6 Å². The maximum atomic E-state index is 11.0. The van der Waals surface area contributed by atoms with Gasteiger partial charge in [0, 0.05) is 17.5 Å². The van der Waals surface area contributed by atoms with Crippen molar-refractivity contribution in [3.8, 4) is 11.4 Å². The smallest absolute Gasteiger partial charge is 0.303 e. The van der Waals surface area contributed by atoms with Crippen molar-refractivity contribution in [2.75, 3.05) is 0 Å². The third-order valence-electron chi connectivity index (χ3n) is 4.17. The Kier molecular flexibility index (Phi) is 4.63. The third-order valence-corrected chi connectivity index (χ3v) is 4.41. The van der Waals surface area contributed by atoms with Crippen LogP contribution in [0.4, 0.5) is 0 Å². The second-order valence-corrected chi connectivity index (χ2v) is 7.70. The average Bonchev–Trinajstić information content (AvgIpc) is 2.94. The quantitative estimate of drug-likeness (QED) is 0.718. The molecule has 0 amide bonds. The number of aromatic nitrogens is 3. The van der Waals surface area contributed by atoms with Crippen LogP contribution in [0.1, 0.15) is 38.3 Å². The van der Waals surface area contributed by atoms with Crippen LogP contribution in [0.2, 0.25) is 5.02 Å². The number of phenolic OH excluding ortho intramolecular Hbond substituents is 1. The van der Waals surface area contributed by atoms with Gasteiger partial charge in [0.05, 0.1) is 5.69 Å². The van der Waals surface area contributed by atoms with E-state index in [0.29, 0.717) is 28.2 Å². The van der Waals surface area contributed by atoms with Gasteiger partial charge in [-0.25, -0.2) is 0 Å². The van der Waals surface area contributed by atoms with E-state index >= 15 is 0 Å². The van der Waals surface area contributed by atoms with E-state index in [2.05, 4.69) is 10.2 Å². The highest BCUT2D eigenvalue weighted by molar-refractivity contribution is 6.31. The van der Waals surface area contributed by atoms with Crippen molar-refractivity contribution >= 4 is 28.6 Å². The molecule has 6 nitrogen and oxygen atoms in total. The number of phenols is 1. The van der Waals surface area contributed by atoms with Crippen LogP contribution in [-0.4, -0.2) is 31.2 Å². The van der Waals surface area contributed by atoms with Gasteiger partial charge in [0.25, 0.3) is 0 Å². The first-order valence-corrected chi connectivity index (χ1v) is 8.64. The molecule has 0 fully saturated rings. The Balaban J connectivity index is 2.16. The number of carbonyl (C=O) groups is 1. The highest BCUT2D eigenvalue weighted by Gasteiger charge is 2.22. The van der Waals surface area contributed by atoms with E-state index in [9.17, 15) is 9.90 Å². The molecule has 7 heteroatoms. The number of aliphatic carboxylic acids is 1. The van der Waals surface area contributed by atoms with Crippen LogP contribution in [0.25, 0.3) is 16.7 Å². The maximum Gasteiger partial charge on any atom is 0.303 e. The third kappa shape index (κ3) is 3.65. The van der Waals surface area contributed by atoms with Crippen LogP contribution in [-0.2, 0) is 16.6 Å². The molecule has 0 radical (unpaired) electrons. The van der Waals surface area contributed by atoms with Crippen molar-refractivity contribution in [1.82, 2.24) is 15.0 Å². The van der Waals surface area contributed by atoms with Crippen LogP contribution in [0, 0.1) is 0 Å². The fourth-order valence-electron chi connectivity index (χ4n) is 2.85. The molecule has 0 atom stereocenters. The SMILES string of the molecule is CC(C)(C)c1cc(CCC(=O)O)c(-n2nc3ccc(Cl)cc3n2)cc1O. The van der Waals surface area contributed by atoms with Crippen LogP contribution in [0.15, 0.2) is 30.3 Å². The Morgan fingerprint density at radius 2 is 1.85 bits per heavy atom. The molecule has 2 N–H and O–H groups in total. The molecule has 0 aliphatic rings. The number of hydrogen-bond donors (Lipinski definition) is 2. The van der Waals surface area contributed by atoms with Gasteiger partial charge >= 0.3 is 5.97 Å². The van der Waals surface area contributed by atoms with Gasteiger partial charge in [-0.05, 0) is 47.2 Å². The predicted molar refractivity (Wildman–Crippen MR) is 100 cm³/mol. The summed E-state index contributed by atoms with van der Waals surface area (Å²) < 4.78 is 0. The Morgan fingerprint density at radius 3 is 2.50 bits per heavy atom. The number of benzene rings is 2. The van der Waals surface area contributed by atoms with Crippen molar-refractivity contribution in [2.45, 2.75) is 39.0 Å². The molecule has 0 saturated carbocycles. The lowest BCUT2D eigenvalue weighted by Crippen LogP contribution is -2.14. The second kappa shape index (κ2) is 6.61. The lowest BCUT2D eigenvalue weighted by Gasteiger charge is -2.22. The lowest BCUT2D eigenvalue weighted by molar-refractivity contribution is -0.136. The van der Waals surface area contributed by atoms with Gasteiger partial charge in [-0.3, -0.25) is 4.79 Å². The highest BCUT2D eigenvalue weighted by atomic mass is 35.5. The first kappa shape index (κ1) is 18.2. The van der Waals surface area contributed by atoms with Crippen molar-refractivity contribution in [3.05, 3.63) is 46.5 Å². The zero-order valence-electron chi connectivity index (χ0n) is 14.8. The minimum atomic E-state index is -0.883. The van der Waals surface area contributed by atoms with Gasteiger partial charge in [0.15, 0.2) is 0 Å². The Bertz CT molecular complexity index is 990. The van der Waals surface area contributed by atoms with Gasteiger partial charge in [-0.2, -0.15) is 0 Å². The molecular formula is C19H20ClN3O3. The van der Waals surface area contributed by atoms with Gasteiger partial charge < -0.3 is 10.2 Å². The standard InChI is InChI=1S/C19H20ClN3O3/c1-19(2,3)13-8-11(4-7-18(25)26)16(10-17(13)24)23-21-14-6-5-12(20)9-15(14)22-23/h5-6,8-10,24H,4,7H2,1-3H3,(H,25,26). The van der Waals surface area contributed by atoms with E-state index in [4.69, 9.17) is 16.7 Å². The number of halogens is 1. The molecule has 1 heterocycles. The van der Waals surface area contributed by atoms with Gasteiger partial charge in [0.1, 0.15) is 16.8 Å². The molecule has 0 aliphatic heterocycles. The molecule has 1 aromatic heterocycles. The molecule has 0 aliphatic carbocycles. The van der Waals surface area contributed by atoms with E-state index in [1.54, 1.807) is 24.3 Å². The van der Waals surface area contributed by atoms with Gasteiger partial charge in [-0.1, -0.05) is 32.4 Å². The van der Waals surface area contributed by atoms with Crippen molar-refractivity contribution in [2.24, 2.45) is 0 Å². The van der Waals surface area contributed by atoms with Crippen LogP contribution < -0.4 is 0 Å². The number of fused-ring (bicyclic) bond motifs is 1. The fraction of sp³-hybridized carbons (Fsp3) is 0.316. The molecule has 136 valence electrons. The largest absolute Gasteiger partial charge is 0.508 e. The number of carboxylic acid groups (broad SMARTS) is 1. The van der Waals surface area contributed by atoms with Crippen LogP contribution in [0.5, 0.6) is 5.75 Å². The summed E-state index contributed by atoms with van der Waals surface area (Å²) in [5, 5.41) is 29.0. The summed E-state index contributed by atoms with van der Waals surface area (Å²) in [5.41, 5.74) is 3.09. The van der Waals surface area contributed by atoms with E-state index in [-0.39, 0.29) is 17.6 Å². The molecule has 26 heavy (non-hydrogen) atoms. The summed E-state index contributed by atoms with van der Waals surface area (Å²) in [7, 11) is 0. The molecule has 0 unspecified atom stereocenters. The monoisotopic (exact) mass is 373 g/mol. The number of nitrogens with zero attached hydrogens (tertiary/aromatic N) is 3.